The van der Waals surface area contributed by atoms with Gasteiger partial charge in [0.25, 0.3) is 5.89 Å². The van der Waals surface area contributed by atoms with Crippen LogP contribution in [0.3, 0.4) is 0 Å². The van der Waals surface area contributed by atoms with Crippen LogP contribution in [0.4, 0.5) is 5.69 Å². The molecular formula is C16H13ClN4O2S. The Labute approximate surface area is 147 Å². The Kier molecular flexibility index (Phi) is 5.12. The Morgan fingerprint density at radius 3 is 2.96 bits per heavy atom. The number of rotatable bonds is 5. The Balaban J connectivity index is 1.61. The van der Waals surface area contributed by atoms with Gasteiger partial charge in [-0.25, -0.2) is 4.98 Å². The molecule has 3 rings (SSSR count). The second-order valence-electron chi connectivity index (χ2n) is 4.88. The van der Waals surface area contributed by atoms with Crippen LogP contribution in [0.2, 0.25) is 5.02 Å². The molecule has 0 saturated carbocycles. The summed E-state index contributed by atoms with van der Waals surface area (Å²) in [5, 5.41) is 7.82. The number of pyridine rings is 1. The molecule has 2 aromatic heterocycles. The van der Waals surface area contributed by atoms with Crippen molar-refractivity contribution in [2.75, 3.05) is 11.1 Å². The highest BCUT2D eigenvalue weighted by Crippen LogP contribution is 2.23. The maximum Gasteiger partial charge on any atom is 0.258 e. The zero-order valence-electron chi connectivity index (χ0n) is 12.7. The van der Waals surface area contributed by atoms with Crippen molar-refractivity contribution in [1.82, 2.24) is 15.1 Å². The van der Waals surface area contributed by atoms with E-state index in [1.165, 1.54) is 11.8 Å². The van der Waals surface area contributed by atoms with Gasteiger partial charge in [0.15, 0.2) is 5.82 Å². The molecule has 1 N–H and O–H groups in total. The SMILES string of the molecule is Cc1noc(-c2ccnc(SCC(=O)Nc3cccc(Cl)c3)c2)n1. The summed E-state index contributed by atoms with van der Waals surface area (Å²) in [6, 6.07) is 10.6. The average molecular weight is 361 g/mol. The van der Waals surface area contributed by atoms with Gasteiger partial charge in [-0.3, -0.25) is 4.79 Å². The molecule has 1 amide bonds. The molecule has 8 heteroatoms. The zero-order chi connectivity index (χ0) is 16.9. The van der Waals surface area contributed by atoms with Crippen LogP contribution in [0.25, 0.3) is 11.5 Å². The highest BCUT2D eigenvalue weighted by Gasteiger charge is 2.09. The van der Waals surface area contributed by atoms with Crippen molar-refractivity contribution in [3.63, 3.8) is 0 Å². The molecule has 0 aliphatic heterocycles. The number of nitrogens with one attached hydrogen (secondary N) is 1. The van der Waals surface area contributed by atoms with E-state index in [0.717, 1.165) is 5.56 Å². The minimum absolute atomic E-state index is 0.136. The van der Waals surface area contributed by atoms with Crippen LogP contribution < -0.4 is 5.32 Å². The lowest BCUT2D eigenvalue weighted by molar-refractivity contribution is -0.113. The first-order chi connectivity index (χ1) is 11.6. The lowest BCUT2D eigenvalue weighted by atomic mass is 10.3. The predicted molar refractivity (Wildman–Crippen MR) is 93.1 cm³/mol. The van der Waals surface area contributed by atoms with Gasteiger partial charge in [-0.15, -0.1) is 0 Å². The lowest BCUT2D eigenvalue weighted by Crippen LogP contribution is -2.14. The molecule has 0 unspecified atom stereocenters. The van der Waals surface area contributed by atoms with Crippen LogP contribution in [-0.2, 0) is 4.79 Å². The number of carbonyl (C=O) groups is 1. The van der Waals surface area contributed by atoms with E-state index in [1.54, 1.807) is 43.5 Å². The molecule has 0 saturated heterocycles. The monoisotopic (exact) mass is 360 g/mol. The summed E-state index contributed by atoms with van der Waals surface area (Å²) in [5.41, 5.74) is 1.43. The minimum atomic E-state index is -0.136. The molecule has 0 atom stereocenters. The topological polar surface area (TPSA) is 80.9 Å². The maximum absolute atomic E-state index is 12.0. The van der Waals surface area contributed by atoms with E-state index in [9.17, 15) is 4.79 Å². The zero-order valence-corrected chi connectivity index (χ0v) is 14.3. The fourth-order valence-electron chi connectivity index (χ4n) is 1.94. The smallest absolute Gasteiger partial charge is 0.258 e. The number of hydrogen-bond acceptors (Lipinski definition) is 6. The van der Waals surface area contributed by atoms with Gasteiger partial charge in [-0.05, 0) is 37.3 Å². The van der Waals surface area contributed by atoms with E-state index in [-0.39, 0.29) is 11.7 Å². The number of nitrogens with zero attached hydrogens (tertiary/aromatic N) is 3. The van der Waals surface area contributed by atoms with Crippen molar-refractivity contribution >= 4 is 35.0 Å². The summed E-state index contributed by atoms with van der Waals surface area (Å²) in [5.74, 6) is 1.09. The fourth-order valence-corrected chi connectivity index (χ4v) is 2.83. The van der Waals surface area contributed by atoms with Crippen LogP contribution >= 0.6 is 23.4 Å². The van der Waals surface area contributed by atoms with Gasteiger partial charge in [0.2, 0.25) is 5.91 Å². The van der Waals surface area contributed by atoms with Gasteiger partial charge < -0.3 is 9.84 Å². The highest BCUT2D eigenvalue weighted by molar-refractivity contribution is 7.99. The maximum atomic E-state index is 12.0. The molecule has 0 fully saturated rings. The summed E-state index contributed by atoms with van der Waals surface area (Å²) in [6.07, 6.45) is 1.64. The number of anilines is 1. The van der Waals surface area contributed by atoms with Crippen molar-refractivity contribution in [2.24, 2.45) is 0 Å². The molecule has 0 spiro atoms. The van der Waals surface area contributed by atoms with Crippen LogP contribution in [0.1, 0.15) is 5.82 Å². The van der Waals surface area contributed by atoms with Gasteiger partial charge in [0.05, 0.1) is 10.8 Å². The first-order valence-corrected chi connectivity index (χ1v) is 8.41. The Morgan fingerprint density at radius 2 is 2.21 bits per heavy atom. The highest BCUT2D eigenvalue weighted by atomic mass is 35.5. The van der Waals surface area contributed by atoms with Gasteiger partial charge in [0, 0.05) is 22.5 Å². The van der Waals surface area contributed by atoms with Crippen LogP contribution in [0, 0.1) is 6.92 Å². The number of aryl methyl sites for hydroxylation is 1. The largest absolute Gasteiger partial charge is 0.334 e. The number of carbonyl (C=O) groups excluding carboxylic acids is 1. The quantitative estimate of drug-likeness (QED) is 0.696. The molecule has 6 nitrogen and oxygen atoms in total. The van der Waals surface area contributed by atoms with E-state index < -0.39 is 0 Å². The van der Waals surface area contributed by atoms with Gasteiger partial charge >= 0.3 is 0 Å². The Bertz CT molecular complexity index is 869. The van der Waals surface area contributed by atoms with Crippen LogP contribution in [0.5, 0.6) is 0 Å². The summed E-state index contributed by atoms with van der Waals surface area (Å²) in [7, 11) is 0. The third-order valence-corrected chi connectivity index (χ3v) is 4.13. The molecule has 0 aliphatic carbocycles. The minimum Gasteiger partial charge on any atom is -0.334 e. The summed E-state index contributed by atoms with van der Waals surface area (Å²) in [4.78, 5) is 20.4. The van der Waals surface area contributed by atoms with Crippen molar-refractivity contribution in [2.45, 2.75) is 11.9 Å². The van der Waals surface area contributed by atoms with E-state index in [0.29, 0.717) is 27.5 Å². The first kappa shape index (κ1) is 16.5. The molecule has 1 aromatic carbocycles. The van der Waals surface area contributed by atoms with E-state index in [1.807, 2.05) is 6.07 Å². The molecule has 0 aliphatic rings. The standard InChI is InChI=1S/C16H13ClN4O2S/c1-10-19-16(23-21-10)11-5-6-18-15(7-11)24-9-14(22)20-13-4-2-3-12(17)8-13/h2-8H,9H2,1H3,(H,20,22). The number of benzene rings is 1. The van der Waals surface area contributed by atoms with Gasteiger partial charge in [0.1, 0.15) is 0 Å². The first-order valence-electron chi connectivity index (χ1n) is 7.05. The summed E-state index contributed by atoms with van der Waals surface area (Å²) >= 11 is 7.21. The van der Waals surface area contributed by atoms with Crippen molar-refractivity contribution in [3.05, 3.63) is 53.4 Å². The molecule has 24 heavy (non-hydrogen) atoms. The predicted octanol–water partition coefficient (Wildman–Crippen LogP) is 3.82. The molecule has 122 valence electrons. The summed E-state index contributed by atoms with van der Waals surface area (Å²) < 4.78 is 5.13. The van der Waals surface area contributed by atoms with E-state index in [4.69, 9.17) is 16.1 Å². The Morgan fingerprint density at radius 1 is 1.33 bits per heavy atom. The number of halogens is 1. The molecular weight excluding hydrogens is 348 g/mol. The fraction of sp³-hybridized carbons (Fsp3) is 0.125. The number of aromatic nitrogens is 3. The second-order valence-corrected chi connectivity index (χ2v) is 6.31. The van der Waals surface area contributed by atoms with E-state index >= 15 is 0 Å². The van der Waals surface area contributed by atoms with E-state index in [2.05, 4.69) is 20.4 Å². The number of hydrogen-bond donors (Lipinski definition) is 1. The van der Waals surface area contributed by atoms with Crippen molar-refractivity contribution < 1.29 is 9.32 Å². The third-order valence-electron chi connectivity index (χ3n) is 2.97. The normalized spacial score (nSPS) is 10.6. The molecule has 2 heterocycles. The number of thioether (sulfide) groups is 1. The Hall–Kier alpha value is -2.38. The molecule has 0 bridgehead atoms. The van der Waals surface area contributed by atoms with Crippen molar-refractivity contribution in [3.8, 4) is 11.5 Å². The lowest BCUT2D eigenvalue weighted by Gasteiger charge is -2.05. The van der Waals surface area contributed by atoms with Crippen LogP contribution in [0.15, 0.2) is 52.1 Å². The van der Waals surface area contributed by atoms with Gasteiger partial charge in [-0.2, -0.15) is 4.98 Å². The third kappa shape index (κ3) is 4.33. The van der Waals surface area contributed by atoms with Crippen molar-refractivity contribution in [1.29, 1.82) is 0 Å². The van der Waals surface area contributed by atoms with Crippen LogP contribution in [-0.4, -0.2) is 26.8 Å². The van der Waals surface area contributed by atoms with Gasteiger partial charge in [-0.1, -0.05) is 34.6 Å². The second kappa shape index (κ2) is 7.46. The summed E-state index contributed by atoms with van der Waals surface area (Å²) in [6.45, 7) is 1.75. The molecule has 3 aromatic rings. The average Bonchev–Trinajstić information content (AvgIpc) is 3.00. The number of amides is 1. The molecule has 0 radical (unpaired) electrons.